The fourth-order valence-corrected chi connectivity index (χ4v) is 4.90. The Balaban J connectivity index is 1.46. The molecule has 1 atom stereocenters. The third-order valence-corrected chi connectivity index (χ3v) is 6.93. The zero-order valence-electron chi connectivity index (χ0n) is 17.7. The van der Waals surface area contributed by atoms with Crippen LogP contribution < -0.4 is 10.1 Å². The van der Waals surface area contributed by atoms with Crippen LogP contribution in [-0.2, 0) is 4.79 Å². The number of carbonyl (C=O) groups excluding carboxylic acids is 1. The number of methoxy groups -OCH3 is 1. The van der Waals surface area contributed by atoms with Crippen LogP contribution in [0.5, 0.6) is 5.75 Å². The Morgan fingerprint density at radius 3 is 2.58 bits per heavy atom. The molecule has 160 valence electrons. The Morgan fingerprint density at radius 1 is 1.13 bits per heavy atom. The van der Waals surface area contributed by atoms with E-state index in [0.29, 0.717) is 23.4 Å². The van der Waals surface area contributed by atoms with Crippen molar-refractivity contribution in [1.29, 1.82) is 0 Å². The number of rotatable bonds is 8. The standard InChI is InChI=1S/C24H26N4O2S/c1-15-8-13-20(30-2)19(14-15)25-23(29)21(16-6-4-3-5-7-16)31-24-27-26-22(17-9-10-17)28(24)18-11-12-18/h3-8,13-14,17-18,21H,9-12H2,1-2H3,(H,25,29). The van der Waals surface area contributed by atoms with Crippen LogP contribution in [0.25, 0.3) is 0 Å². The lowest BCUT2D eigenvalue weighted by atomic mass is 10.1. The van der Waals surface area contributed by atoms with Crippen molar-refractivity contribution in [1.82, 2.24) is 14.8 Å². The number of hydrogen-bond donors (Lipinski definition) is 1. The first-order chi connectivity index (χ1) is 15.1. The predicted molar refractivity (Wildman–Crippen MR) is 122 cm³/mol. The van der Waals surface area contributed by atoms with E-state index < -0.39 is 5.25 Å². The molecule has 0 spiro atoms. The van der Waals surface area contributed by atoms with Crippen LogP contribution in [0.2, 0.25) is 0 Å². The van der Waals surface area contributed by atoms with Gasteiger partial charge < -0.3 is 14.6 Å². The van der Waals surface area contributed by atoms with Gasteiger partial charge in [0.2, 0.25) is 5.91 Å². The molecule has 1 amide bonds. The maximum Gasteiger partial charge on any atom is 0.242 e. The third kappa shape index (κ3) is 4.32. The van der Waals surface area contributed by atoms with E-state index in [2.05, 4.69) is 20.1 Å². The van der Waals surface area contributed by atoms with Crippen molar-refractivity contribution in [3.05, 3.63) is 65.5 Å². The van der Waals surface area contributed by atoms with Crippen LogP contribution in [0, 0.1) is 6.92 Å². The molecule has 2 aliphatic rings. The van der Waals surface area contributed by atoms with Gasteiger partial charge in [-0.15, -0.1) is 10.2 Å². The number of ether oxygens (including phenoxy) is 1. The maximum absolute atomic E-state index is 13.5. The van der Waals surface area contributed by atoms with Crippen molar-refractivity contribution in [3.63, 3.8) is 0 Å². The molecule has 3 aromatic rings. The summed E-state index contributed by atoms with van der Waals surface area (Å²) in [5, 5.41) is 12.5. The van der Waals surface area contributed by atoms with Gasteiger partial charge in [0.25, 0.3) is 0 Å². The predicted octanol–water partition coefficient (Wildman–Crippen LogP) is 5.28. The van der Waals surface area contributed by atoms with Gasteiger partial charge in [0, 0.05) is 12.0 Å². The molecule has 1 heterocycles. The summed E-state index contributed by atoms with van der Waals surface area (Å²) in [5.41, 5.74) is 2.67. The van der Waals surface area contributed by atoms with Crippen LogP contribution in [0.1, 0.15) is 59.8 Å². The number of aromatic nitrogens is 3. The molecule has 0 saturated heterocycles. The lowest BCUT2D eigenvalue weighted by Gasteiger charge is -2.19. The van der Waals surface area contributed by atoms with Gasteiger partial charge in [0.1, 0.15) is 16.8 Å². The van der Waals surface area contributed by atoms with E-state index in [1.165, 1.54) is 24.6 Å². The summed E-state index contributed by atoms with van der Waals surface area (Å²) in [6.07, 6.45) is 4.69. The summed E-state index contributed by atoms with van der Waals surface area (Å²) in [6, 6.07) is 16.1. The molecule has 0 radical (unpaired) electrons. The molecule has 6 nitrogen and oxygen atoms in total. The van der Waals surface area contributed by atoms with E-state index in [1.54, 1.807) is 7.11 Å². The second-order valence-corrected chi connectivity index (χ2v) is 9.39. The first-order valence-corrected chi connectivity index (χ1v) is 11.6. The third-order valence-electron chi connectivity index (χ3n) is 5.72. The quantitative estimate of drug-likeness (QED) is 0.489. The zero-order valence-corrected chi connectivity index (χ0v) is 18.6. The van der Waals surface area contributed by atoms with Gasteiger partial charge >= 0.3 is 0 Å². The molecule has 5 rings (SSSR count). The summed E-state index contributed by atoms with van der Waals surface area (Å²) in [5.74, 6) is 2.17. The Hall–Kier alpha value is -2.80. The smallest absolute Gasteiger partial charge is 0.242 e. The molecule has 2 fully saturated rings. The molecule has 2 aromatic carbocycles. The van der Waals surface area contributed by atoms with Crippen molar-refractivity contribution >= 4 is 23.4 Å². The number of hydrogen-bond acceptors (Lipinski definition) is 5. The molecule has 0 aliphatic heterocycles. The molecule has 1 N–H and O–H groups in total. The number of benzene rings is 2. The number of carbonyl (C=O) groups is 1. The maximum atomic E-state index is 13.5. The first-order valence-electron chi connectivity index (χ1n) is 10.8. The lowest BCUT2D eigenvalue weighted by Crippen LogP contribution is -2.20. The second-order valence-electron chi connectivity index (χ2n) is 8.32. The van der Waals surface area contributed by atoms with Crippen molar-refractivity contribution in [2.24, 2.45) is 0 Å². The first kappa shape index (κ1) is 20.1. The van der Waals surface area contributed by atoms with E-state index in [1.807, 2.05) is 55.5 Å². The van der Waals surface area contributed by atoms with Gasteiger partial charge in [-0.25, -0.2) is 0 Å². The van der Waals surface area contributed by atoms with E-state index in [0.717, 1.165) is 34.9 Å². The summed E-state index contributed by atoms with van der Waals surface area (Å²) in [6.45, 7) is 2.00. The summed E-state index contributed by atoms with van der Waals surface area (Å²) < 4.78 is 7.74. The van der Waals surface area contributed by atoms with Crippen molar-refractivity contribution in [2.75, 3.05) is 12.4 Å². The van der Waals surface area contributed by atoms with E-state index in [9.17, 15) is 4.79 Å². The van der Waals surface area contributed by atoms with Crippen molar-refractivity contribution < 1.29 is 9.53 Å². The van der Waals surface area contributed by atoms with E-state index in [4.69, 9.17) is 4.74 Å². The van der Waals surface area contributed by atoms with Crippen LogP contribution in [0.15, 0.2) is 53.7 Å². The number of thioether (sulfide) groups is 1. The minimum absolute atomic E-state index is 0.0987. The average Bonchev–Trinajstić information content (AvgIpc) is 3.71. The van der Waals surface area contributed by atoms with Crippen LogP contribution in [0.4, 0.5) is 5.69 Å². The van der Waals surface area contributed by atoms with Crippen LogP contribution in [-0.4, -0.2) is 27.8 Å². The fraction of sp³-hybridized carbons (Fsp3) is 0.375. The summed E-state index contributed by atoms with van der Waals surface area (Å²) in [4.78, 5) is 13.5. The topological polar surface area (TPSA) is 69.0 Å². The number of amides is 1. The number of anilines is 1. The molecule has 7 heteroatoms. The molecule has 2 saturated carbocycles. The number of nitrogens with zero attached hydrogens (tertiary/aromatic N) is 3. The van der Waals surface area contributed by atoms with Crippen LogP contribution in [0.3, 0.4) is 0 Å². The monoisotopic (exact) mass is 434 g/mol. The second kappa shape index (κ2) is 8.38. The molecule has 2 aliphatic carbocycles. The SMILES string of the molecule is COc1ccc(C)cc1NC(=O)C(Sc1nnc(C2CC2)n1C1CC1)c1ccccc1. The van der Waals surface area contributed by atoms with Gasteiger partial charge in [0.15, 0.2) is 5.16 Å². The largest absolute Gasteiger partial charge is 0.495 e. The highest BCUT2D eigenvalue weighted by atomic mass is 32.2. The Labute approximate surface area is 186 Å². The average molecular weight is 435 g/mol. The highest BCUT2D eigenvalue weighted by molar-refractivity contribution is 8.00. The molecule has 31 heavy (non-hydrogen) atoms. The molecule has 1 unspecified atom stereocenters. The van der Waals surface area contributed by atoms with Gasteiger partial charge in [-0.05, 0) is 55.9 Å². The Bertz CT molecular complexity index is 1090. The summed E-state index contributed by atoms with van der Waals surface area (Å²) >= 11 is 1.48. The minimum atomic E-state index is -0.444. The molecule has 1 aromatic heterocycles. The number of aryl methyl sites for hydroxylation is 1. The molecule has 0 bridgehead atoms. The molecular weight excluding hydrogens is 408 g/mol. The van der Waals surface area contributed by atoms with Gasteiger partial charge in [-0.3, -0.25) is 4.79 Å². The molecular formula is C24H26N4O2S. The summed E-state index contributed by atoms with van der Waals surface area (Å²) in [7, 11) is 1.61. The van der Waals surface area contributed by atoms with Crippen LogP contribution >= 0.6 is 11.8 Å². The lowest BCUT2D eigenvalue weighted by molar-refractivity contribution is -0.115. The van der Waals surface area contributed by atoms with Crippen molar-refractivity contribution in [3.8, 4) is 5.75 Å². The van der Waals surface area contributed by atoms with Gasteiger partial charge in [-0.1, -0.05) is 48.2 Å². The van der Waals surface area contributed by atoms with E-state index in [-0.39, 0.29) is 5.91 Å². The normalized spacial score (nSPS) is 16.7. The van der Waals surface area contributed by atoms with Gasteiger partial charge in [-0.2, -0.15) is 0 Å². The minimum Gasteiger partial charge on any atom is -0.495 e. The zero-order chi connectivity index (χ0) is 21.4. The van der Waals surface area contributed by atoms with Gasteiger partial charge in [0.05, 0.1) is 12.8 Å². The van der Waals surface area contributed by atoms with E-state index >= 15 is 0 Å². The Morgan fingerprint density at radius 2 is 1.90 bits per heavy atom. The number of nitrogens with one attached hydrogen (secondary N) is 1. The highest BCUT2D eigenvalue weighted by Crippen LogP contribution is 2.47. The Kier molecular flexibility index (Phi) is 5.44. The van der Waals surface area contributed by atoms with Crippen molar-refractivity contribution in [2.45, 2.75) is 55.0 Å². The highest BCUT2D eigenvalue weighted by Gasteiger charge is 2.37. The fourth-order valence-electron chi connectivity index (χ4n) is 3.79.